The maximum Gasteiger partial charge on any atom is 0.573 e. The molecule has 0 bridgehead atoms. The number of rotatable bonds is 8. The predicted octanol–water partition coefficient (Wildman–Crippen LogP) is 9.87. The van der Waals surface area contributed by atoms with Crippen LogP contribution in [0.4, 0.5) is 35.1 Å². The molecule has 0 N–H and O–H groups in total. The average Bonchev–Trinajstić information content (AvgIpc) is 2.86. The van der Waals surface area contributed by atoms with Crippen molar-refractivity contribution in [2.75, 3.05) is 0 Å². The van der Waals surface area contributed by atoms with Gasteiger partial charge >= 0.3 is 12.5 Å². The van der Waals surface area contributed by atoms with Crippen LogP contribution in [0.3, 0.4) is 0 Å². The molecule has 0 saturated heterocycles. The van der Waals surface area contributed by atoms with E-state index in [2.05, 4.69) is 11.7 Å². The highest BCUT2D eigenvalue weighted by molar-refractivity contribution is 5.71. The second-order valence-electron chi connectivity index (χ2n) is 9.68. The Morgan fingerprint density at radius 2 is 1.41 bits per heavy atom. The van der Waals surface area contributed by atoms with E-state index >= 15 is 8.78 Å². The van der Waals surface area contributed by atoms with Crippen LogP contribution in [0.1, 0.15) is 62.5 Å². The van der Waals surface area contributed by atoms with E-state index < -0.39 is 47.0 Å². The number of alkyl halides is 5. The van der Waals surface area contributed by atoms with Gasteiger partial charge in [-0.15, -0.1) is 13.2 Å². The van der Waals surface area contributed by atoms with Gasteiger partial charge in [-0.05, 0) is 79.0 Å². The molecule has 0 atom stereocenters. The Labute approximate surface area is 220 Å². The lowest BCUT2D eigenvalue weighted by Gasteiger charge is -2.29. The molecule has 39 heavy (non-hydrogen) atoms. The van der Waals surface area contributed by atoms with Crippen LogP contribution < -0.4 is 9.47 Å². The standard InChI is InChI=1S/C29H26F8O2/c1-2-5-17-8-10-18(11-9-17)19-12-13-22(23(30)14-19)28(33,34)38-26-7-4-3-6-21(26)20-15-24(31)27(25(32)16-20)39-29(35,36)37/h3-4,6-7,12-18H,2,5,8-11H2,1H3/t17-,18-. The summed E-state index contributed by atoms with van der Waals surface area (Å²) in [6.45, 7) is 2.13. The predicted molar refractivity (Wildman–Crippen MR) is 129 cm³/mol. The Kier molecular flexibility index (Phi) is 8.42. The molecule has 210 valence electrons. The Morgan fingerprint density at radius 3 is 2.00 bits per heavy atom. The molecule has 1 saturated carbocycles. The van der Waals surface area contributed by atoms with Gasteiger partial charge in [0.05, 0.1) is 5.56 Å². The van der Waals surface area contributed by atoms with Crippen molar-refractivity contribution in [1.82, 2.24) is 0 Å². The van der Waals surface area contributed by atoms with Gasteiger partial charge in [-0.1, -0.05) is 44.0 Å². The zero-order chi connectivity index (χ0) is 28.4. The monoisotopic (exact) mass is 558 g/mol. The Bertz CT molecular complexity index is 1270. The molecule has 10 heteroatoms. The largest absolute Gasteiger partial charge is 0.573 e. The average molecular weight is 559 g/mol. The van der Waals surface area contributed by atoms with Gasteiger partial charge in [0.25, 0.3) is 0 Å². The molecule has 0 amide bonds. The van der Waals surface area contributed by atoms with Crippen molar-refractivity contribution in [1.29, 1.82) is 0 Å². The van der Waals surface area contributed by atoms with Crippen molar-refractivity contribution in [2.24, 2.45) is 5.92 Å². The highest BCUT2D eigenvalue weighted by atomic mass is 19.4. The molecule has 0 unspecified atom stereocenters. The fraction of sp³-hybridized carbons (Fsp3) is 0.379. The summed E-state index contributed by atoms with van der Waals surface area (Å²) in [4.78, 5) is 0. The molecule has 3 aromatic rings. The van der Waals surface area contributed by atoms with Gasteiger partial charge < -0.3 is 9.47 Å². The first kappa shape index (κ1) is 28.7. The summed E-state index contributed by atoms with van der Waals surface area (Å²) in [6, 6.07) is 9.40. The minimum absolute atomic E-state index is 0.0750. The fourth-order valence-corrected chi connectivity index (χ4v) is 5.13. The number of hydrogen-bond donors (Lipinski definition) is 0. The SMILES string of the molecule is CCC[C@H]1CC[C@H](c2ccc(C(F)(F)Oc3ccccc3-c3cc(F)c(OC(F)(F)F)c(F)c3)c(F)c2)CC1. The molecule has 0 spiro atoms. The molecule has 4 rings (SSSR count). The van der Waals surface area contributed by atoms with Crippen molar-refractivity contribution in [3.63, 3.8) is 0 Å². The minimum atomic E-state index is -5.35. The van der Waals surface area contributed by atoms with E-state index in [4.69, 9.17) is 4.74 Å². The van der Waals surface area contributed by atoms with Gasteiger partial charge in [0.2, 0.25) is 5.75 Å². The molecule has 0 radical (unpaired) electrons. The third-order valence-electron chi connectivity index (χ3n) is 6.97. The van der Waals surface area contributed by atoms with Crippen molar-refractivity contribution >= 4 is 0 Å². The smallest absolute Gasteiger partial charge is 0.428 e. The maximum atomic E-state index is 15.2. The van der Waals surface area contributed by atoms with E-state index in [9.17, 15) is 26.3 Å². The van der Waals surface area contributed by atoms with Crippen molar-refractivity contribution in [2.45, 2.75) is 63.8 Å². The number of benzene rings is 3. The molecule has 1 fully saturated rings. The normalized spacial score (nSPS) is 18.2. The first-order valence-corrected chi connectivity index (χ1v) is 12.6. The van der Waals surface area contributed by atoms with E-state index in [1.165, 1.54) is 24.3 Å². The molecule has 1 aliphatic rings. The highest BCUT2D eigenvalue weighted by Gasteiger charge is 2.39. The lowest BCUT2D eigenvalue weighted by Crippen LogP contribution is -2.24. The van der Waals surface area contributed by atoms with Crippen molar-refractivity contribution < 1.29 is 44.6 Å². The van der Waals surface area contributed by atoms with E-state index in [1.54, 1.807) is 0 Å². The quantitative estimate of drug-likeness (QED) is 0.256. The molecule has 2 nitrogen and oxygen atoms in total. The van der Waals surface area contributed by atoms with Crippen LogP contribution in [0.15, 0.2) is 54.6 Å². The van der Waals surface area contributed by atoms with Crippen LogP contribution in [-0.4, -0.2) is 6.36 Å². The maximum absolute atomic E-state index is 15.2. The lowest BCUT2D eigenvalue weighted by atomic mass is 9.77. The van der Waals surface area contributed by atoms with Gasteiger partial charge in [-0.3, -0.25) is 0 Å². The number of para-hydroxylation sites is 1. The third kappa shape index (κ3) is 6.83. The summed E-state index contributed by atoms with van der Waals surface area (Å²) >= 11 is 0. The third-order valence-corrected chi connectivity index (χ3v) is 6.97. The minimum Gasteiger partial charge on any atom is -0.428 e. The summed E-state index contributed by atoms with van der Waals surface area (Å²) in [5.41, 5.74) is -1.03. The molecule has 0 heterocycles. The second kappa shape index (κ2) is 11.4. The van der Waals surface area contributed by atoms with E-state index in [-0.39, 0.29) is 17.0 Å². The Morgan fingerprint density at radius 1 is 0.769 bits per heavy atom. The molecule has 1 aliphatic carbocycles. The van der Waals surface area contributed by atoms with E-state index in [1.807, 2.05) is 0 Å². The van der Waals surface area contributed by atoms with Crippen LogP contribution in [0.25, 0.3) is 11.1 Å². The molecule has 0 aromatic heterocycles. The highest BCUT2D eigenvalue weighted by Crippen LogP contribution is 2.42. The first-order valence-electron chi connectivity index (χ1n) is 12.6. The summed E-state index contributed by atoms with van der Waals surface area (Å²) in [5, 5.41) is 0. The molecular weight excluding hydrogens is 532 g/mol. The van der Waals surface area contributed by atoms with Crippen molar-refractivity contribution in [3.8, 4) is 22.6 Å². The van der Waals surface area contributed by atoms with Gasteiger partial charge in [-0.25, -0.2) is 13.2 Å². The lowest BCUT2D eigenvalue weighted by molar-refractivity contribution is -0.276. The number of ether oxygens (including phenoxy) is 2. The van der Waals surface area contributed by atoms with Crippen LogP contribution >= 0.6 is 0 Å². The molecule has 3 aromatic carbocycles. The summed E-state index contributed by atoms with van der Waals surface area (Å²) in [7, 11) is 0. The van der Waals surface area contributed by atoms with Crippen LogP contribution in [-0.2, 0) is 6.11 Å². The Hall–Kier alpha value is -3.30. The number of halogens is 8. The first-order chi connectivity index (χ1) is 18.4. The van der Waals surface area contributed by atoms with E-state index in [0.29, 0.717) is 23.6 Å². The van der Waals surface area contributed by atoms with Crippen LogP contribution in [0, 0.1) is 23.4 Å². The van der Waals surface area contributed by atoms with Gasteiger partial charge in [0.15, 0.2) is 11.6 Å². The van der Waals surface area contributed by atoms with Crippen LogP contribution in [0.2, 0.25) is 0 Å². The second-order valence-corrected chi connectivity index (χ2v) is 9.68. The van der Waals surface area contributed by atoms with Crippen molar-refractivity contribution in [3.05, 3.63) is 83.2 Å². The Balaban J connectivity index is 1.57. The number of hydrogen-bond acceptors (Lipinski definition) is 2. The summed E-state index contributed by atoms with van der Waals surface area (Å²) < 4.78 is 119. The molecule has 0 aliphatic heterocycles. The zero-order valence-corrected chi connectivity index (χ0v) is 20.9. The fourth-order valence-electron chi connectivity index (χ4n) is 5.13. The van der Waals surface area contributed by atoms with Gasteiger partial charge in [-0.2, -0.15) is 8.78 Å². The van der Waals surface area contributed by atoms with E-state index in [0.717, 1.165) is 56.7 Å². The van der Waals surface area contributed by atoms with Gasteiger partial charge in [0.1, 0.15) is 11.6 Å². The summed E-state index contributed by atoms with van der Waals surface area (Å²) in [6.07, 6.45) is -3.58. The van der Waals surface area contributed by atoms with Crippen LogP contribution in [0.5, 0.6) is 11.5 Å². The van der Waals surface area contributed by atoms with Gasteiger partial charge in [0, 0.05) is 5.56 Å². The topological polar surface area (TPSA) is 18.5 Å². The zero-order valence-electron chi connectivity index (χ0n) is 20.9. The summed E-state index contributed by atoms with van der Waals surface area (Å²) in [5.74, 6) is -6.10. The molecular formula is C29H26F8O2.